The van der Waals surface area contributed by atoms with E-state index < -0.39 is 17.7 Å². The van der Waals surface area contributed by atoms with Crippen LogP contribution in [0, 0.1) is 6.92 Å². The van der Waals surface area contributed by atoms with Crippen LogP contribution < -0.4 is 14.8 Å². The Labute approximate surface area is 151 Å². The zero-order chi connectivity index (χ0) is 18.8. The average molecular weight is 353 g/mol. The van der Waals surface area contributed by atoms with Gasteiger partial charge in [-0.2, -0.15) is 0 Å². The second kappa shape index (κ2) is 6.92. The lowest BCUT2D eigenvalue weighted by molar-refractivity contribution is -0.133. The number of carbonyl (C=O) groups is 2. The summed E-state index contributed by atoms with van der Waals surface area (Å²) >= 11 is 0. The number of Topliss-reactive ketones (excluding diaryl/α,β-unsaturated/α-hetero) is 1. The van der Waals surface area contributed by atoms with Crippen LogP contribution in [0.2, 0.25) is 0 Å². The summed E-state index contributed by atoms with van der Waals surface area (Å²) in [5, 5.41) is 13.3. The van der Waals surface area contributed by atoms with Crippen molar-refractivity contribution in [1.82, 2.24) is 5.32 Å². The molecular formula is C20H19NO5. The van der Waals surface area contributed by atoms with E-state index in [-0.39, 0.29) is 11.3 Å². The number of aryl methyl sites for hydroxylation is 1. The molecule has 2 aromatic rings. The van der Waals surface area contributed by atoms with Crippen molar-refractivity contribution >= 4 is 17.4 Å². The number of carbonyl (C=O) groups excluding carboxylic acids is 2. The highest BCUT2D eigenvalue weighted by Crippen LogP contribution is 2.38. The van der Waals surface area contributed by atoms with Crippen LogP contribution in [0.25, 0.3) is 5.76 Å². The first-order valence-corrected chi connectivity index (χ1v) is 8.03. The van der Waals surface area contributed by atoms with Crippen molar-refractivity contribution in [1.29, 1.82) is 0 Å². The van der Waals surface area contributed by atoms with Gasteiger partial charge < -0.3 is 19.9 Å². The number of ketones is 1. The Morgan fingerprint density at radius 2 is 1.73 bits per heavy atom. The molecule has 1 aliphatic heterocycles. The van der Waals surface area contributed by atoms with Crippen LogP contribution in [-0.2, 0) is 9.59 Å². The summed E-state index contributed by atoms with van der Waals surface area (Å²) in [7, 11) is 3.01. The van der Waals surface area contributed by atoms with Crippen molar-refractivity contribution in [2.75, 3.05) is 14.2 Å². The standard InChI is InChI=1S/C20H19NO5/c1-11-4-6-12(7-5-11)18(22)16-17(21-20(24)19(16)23)14-10-13(25-2)8-9-15(14)26-3/h4-10,17,22H,1-3H3,(H,21,24)/t17-/m1/s1. The van der Waals surface area contributed by atoms with Gasteiger partial charge in [0, 0.05) is 11.1 Å². The highest BCUT2D eigenvalue weighted by atomic mass is 16.5. The van der Waals surface area contributed by atoms with Gasteiger partial charge in [0.1, 0.15) is 17.3 Å². The Kier molecular flexibility index (Phi) is 4.67. The smallest absolute Gasteiger partial charge is 0.293 e. The van der Waals surface area contributed by atoms with E-state index in [9.17, 15) is 14.7 Å². The summed E-state index contributed by atoms with van der Waals surface area (Å²) in [5.74, 6) is -0.752. The molecule has 1 amide bonds. The first-order valence-electron chi connectivity index (χ1n) is 8.03. The number of amides is 1. The molecule has 1 atom stereocenters. The van der Waals surface area contributed by atoms with Crippen molar-refractivity contribution in [3.8, 4) is 11.5 Å². The molecule has 0 aliphatic carbocycles. The second-order valence-electron chi connectivity index (χ2n) is 5.97. The Hall–Kier alpha value is -3.28. The summed E-state index contributed by atoms with van der Waals surface area (Å²) in [6, 6.07) is 11.3. The summed E-state index contributed by atoms with van der Waals surface area (Å²) in [5.41, 5.74) is 2.00. The number of nitrogens with one attached hydrogen (secondary N) is 1. The first kappa shape index (κ1) is 17.5. The lowest BCUT2D eigenvalue weighted by Crippen LogP contribution is -2.21. The average Bonchev–Trinajstić information content (AvgIpc) is 2.96. The van der Waals surface area contributed by atoms with Crippen LogP contribution >= 0.6 is 0 Å². The van der Waals surface area contributed by atoms with E-state index in [4.69, 9.17) is 9.47 Å². The van der Waals surface area contributed by atoms with Gasteiger partial charge in [-0.15, -0.1) is 0 Å². The van der Waals surface area contributed by atoms with E-state index in [2.05, 4.69) is 5.32 Å². The van der Waals surface area contributed by atoms with E-state index in [0.29, 0.717) is 22.6 Å². The fourth-order valence-electron chi connectivity index (χ4n) is 2.93. The lowest BCUT2D eigenvalue weighted by Gasteiger charge is -2.18. The Bertz CT molecular complexity index is 899. The molecule has 6 heteroatoms. The molecule has 0 aromatic heterocycles. The number of hydrogen-bond donors (Lipinski definition) is 2. The van der Waals surface area contributed by atoms with Gasteiger partial charge >= 0.3 is 0 Å². The predicted molar refractivity (Wildman–Crippen MR) is 96.2 cm³/mol. The Balaban J connectivity index is 2.17. The van der Waals surface area contributed by atoms with Gasteiger partial charge in [0.25, 0.3) is 11.7 Å². The maximum atomic E-state index is 12.4. The monoisotopic (exact) mass is 353 g/mol. The molecule has 1 fully saturated rings. The van der Waals surface area contributed by atoms with E-state index in [0.717, 1.165) is 5.56 Å². The number of rotatable bonds is 4. The van der Waals surface area contributed by atoms with Gasteiger partial charge in [-0.25, -0.2) is 0 Å². The molecule has 1 aliphatic rings. The van der Waals surface area contributed by atoms with Crippen LogP contribution in [0.15, 0.2) is 48.0 Å². The molecule has 0 radical (unpaired) electrons. The van der Waals surface area contributed by atoms with Crippen molar-refractivity contribution in [2.24, 2.45) is 0 Å². The van der Waals surface area contributed by atoms with Crippen molar-refractivity contribution < 1.29 is 24.2 Å². The minimum atomic E-state index is -0.832. The minimum Gasteiger partial charge on any atom is -0.507 e. The first-order chi connectivity index (χ1) is 12.5. The molecular weight excluding hydrogens is 334 g/mol. The van der Waals surface area contributed by atoms with Crippen LogP contribution in [0.4, 0.5) is 0 Å². The number of aliphatic hydroxyl groups excluding tert-OH is 1. The van der Waals surface area contributed by atoms with Crippen LogP contribution in [0.5, 0.6) is 11.5 Å². The van der Waals surface area contributed by atoms with E-state index in [1.165, 1.54) is 14.2 Å². The van der Waals surface area contributed by atoms with E-state index in [1.54, 1.807) is 30.3 Å². The lowest BCUT2D eigenvalue weighted by atomic mass is 9.95. The predicted octanol–water partition coefficient (Wildman–Crippen LogP) is 2.72. The maximum Gasteiger partial charge on any atom is 0.293 e. The molecule has 134 valence electrons. The van der Waals surface area contributed by atoms with Crippen molar-refractivity contribution in [3.05, 3.63) is 64.7 Å². The van der Waals surface area contributed by atoms with Crippen LogP contribution in [0.3, 0.4) is 0 Å². The molecule has 1 heterocycles. The van der Waals surface area contributed by atoms with Gasteiger partial charge in [0.2, 0.25) is 0 Å². The van der Waals surface area contributed by atoms with E-state index >= 15 is 0 Å². The third-order valence-electron chi connectivity index (χ3n) is 4.34. The van der Waals surface area contributed by atoms with Gasteiger partial charge in [-0.3, -0.25) is 9.59 Å². The summed E-state index contributed by atoms with van der Waals surface area (Å²) < 4.78 is 10.6. The largest absolute Gasteiger partial charge is 0.507 e. The third kappa shape index (κ3) is 3.01. The number of methoxy groups -OCH3 is 2. The summed E-state index contributed by atoms with van der Waals surface area (Å²) in [4.78, 5) is 24.5. The second-order valence-corrected chi connectivity index (χ2v) is 5.97. The van der Waals surface area contributed by atoms with Crippen LogP contribution in [-0.4, -0.2) is 31.0 Å². The zero-order valence-corrected chi connectivity index (χ0v) is 14.7. The van der Waals surface area contributed by atoms with E-state index in [1.807, 2.05) is 19.1 Å². The molecule has 1 saturated heterocycles. The summed E-state index contributed by atoms with van der Waals surface area (Å²) in [6.07, 6.45) is 0. The topological polar surface area (TPSA) is 84.9 Å². The Morgan fingerprint density at radius 3 is 2.35 bits per heavy atom. The number of hydrogen-bond acceptors (Lipinski definition) is 5. The molecule has 0 saturated carbocycles. The molecule has 3 rings (SSSR count). The molecule has 0 spiro atoms. The quantitative estimate of drug-likeness (QED) is 0.502. The maximum absolute atomic E-state index is 12.4. The number of ether oxygens (including phenoxy) is 2. The fourth-order valence-corrected chi connectivity index (χ4v) is 2.93. The Morgan fingerprint density at radius 1 is 1.04 bits per heavy atom. The summed E-state index contributed by atoms with van der Waals surface area (Å²) in [6.45, 7) is 1.92. The van der Waals surface area contributed by atoms with Crippen molar-refractivity contribution in [3.63, 3.8) is 0 Å². The number of aliphatic hydroxyl groups is 1. The molecule has 26 heavy (non-hydrogen) atoms. The molecule has 6 nitrogen and oxygen atoms in total. The SMILES string of the molecule is COc1ccc(OC)c([C@H]2NC(=O)C(=O)C2=C(O)c2ccc(C)cc2)c1. The third-order valence-corrected chi connectivity index (χ3v) is 4.34. The van der Waals surface area contributed by atoms with Gasteiger partial charge in [-0.1, -0.05) is 29.8 Å². The van der Waals surface area contributed by atoms with Crippen LogP contribution in [0.1, 0.15) is 22.7 Å². The molecule has 2 aromatic carbocycles. The molecule has 0 bridgehead atoms. The highest BCUT2D eigenvalue weighted by Gasteiger charge is 2.41. The zero-order valence-electron chi connectivity index (χ0n) is 14.7. The van der Waals surface area contributed by atoms with Gasteiger partial charge in [0.05, 0.1) is 25.8 Å². The highest BCUT2D eigenvalue weighted by molar-refractivity contribution is 6.46. The fraction of sp³-hybridized carbons (Fsp3) is 0.200. The van der Waals surface area contributed by atoms with Gasteiger partial charge in [-0.05, 0) is 25.1 Å². The minimum absolute atomic E-state index is 0.00888. The normalized spacial score (nSPS) is 18.5. The molecule has 0 unspecified atom stereocenters. The molecule has 2 N–H and O–H groups in total. The number of benzene rings is 2. The van der Waals surface area contributed by atoms with Crippen molar-refractivity contribution in [2.45, 2.75) is 13.0 Å². The van der Waals surface area contributed by atoms with Gasteiger partial charge in [0.15, 0.2) is 0 Å².